The number of ketones is 1. The molecule has 1 amide bonds. The van der Waals surface area contributed by atoms with Crippen LogP contribution >= 0.6 is 11.6 Å². The third kappa shape index (κ3) is 6.06. The Labute approximate surface area is 124 Å². The Morgan fingerprint density at radius 1 is 1.30 bits per heavy atom. The van der Waals surface area contributed by atoms with Crippen molar-refractivity contribution in [3.8, 4) is 0 Å². The minimum atomic E-state index is -0.559. The number of Topliss-reactive ketones (excluding diaryl/α,β-unsaturated/α-hetero) is 1. The van der Waals surface area contributed by atoms with E-state index in [1.165, 1.54) is 6.92 Å². The van der Waals surface area contributed by atoms with Gasteiger partial charge in [0.1, 0.15) is 11.4 Å². The smallest absolute Gasteiger partial charge is 0.412 e. The van der Waals surface area contributed by atoms with E-state index >= 15 is 0 Å². The second-order valence-electron chi connectivity index (χ2n) is 5.63. The molecular weight excluding hydrogens is 278 g/mol. The monoisotopic (exact) mass is 297 g/mol. The number of amides is 1. The molecule has 0 aliphatic heterocycles. The molecule has 20 heavy (non-hydrogen) atoms. The van der Waals surface area contributed by atoms with Crippen molar-refractivity contribution in [1.29, 1.82) is 0 Å². The van der Waals surface area contributed by atoms with Crippen molar-refractivity contribution in [2.75, 3.05) is 5.32 Å². The number of hydrogen-bond acceptors (Lipinski definition) is 3. The van der Waals surface area contributed by atoms with Gasteiger partial charge in [-0.3, -0.25) is 5.32 Å². The zero-order chi connectivity index (χ0) is 15.3. The van der Waals surface area contributed by atoms with Gasteiger partial charge >= 0.3 is 6.09 Å². The fourth-order valence-electron chi connectivity index (χ4n) is 1.62. The standard InChI is InChI=1S/C15H20ClNO3/c1-10(18)5-6-11-9-12(16)7-8-13(11)17-14(19)20-15(2,3)4/h7-9H,5-6H2,1-4H3,(H,17,19). The lowest BCUT2D eigenvalue weighted by atomic mass is 10.1. The first-order valence-corrected chi connectivity index (χ1v) is 6.83. The van der Waals surface area contributed by atoms with Gasteiger partial charge in [-0.2, -0.15) is 0 Å². The quantitative estimate of drug-likeness (QED) is 0.905. The molecule has 5 heteroatoms. The van der Waals surface area contributed by atoms with Gasteiger partial charge < -0.3 is 9.53 Å². The number of nitrogens with one attached hydrogen (secondary N) is 1. The maximum absolute atomic E-state index is 11.8. The van der Waals surface area contributed by atoms with Gasteiger partial charge in [-0.15, -0.1) is 0 Å². The van der Waals surface area contributed by atoms with Gasteiger partial charge in [0, 0.05) is 17.1 Å². The van der Waals surface area contributed by atoms with Crippen molar-refractivity contribution in [2.45, 2.75) is 46.1 Å². The zero-order valence-corrected chi connectivity index (χ0v) is 13.0. The molecule has 0 fully saturated rings. The highest BCUT2D eigenvalue weighted by atomic mass is 35.5. The van der Waals surface area contributed by atoms with Crippen LogP contribution in [0.1, 0.15) is 39.7 Å². The predicted octanol–water partition coefficient (Wildman–Crippen LogP) is 4.21. The van der Waals surface area contributed by atoms with Gasteiger partial charge in [0.2, 0.25) is 0 Å². The summed E-state index contributed by atoms with van der Waals surface area (Å²) in [4.78, 5) is 22.8. The van der Waals surface area contributed by atoms with E-state index in [4.69, 9.17) is 16.3 Å². The summed E-state index contributed by atoms with van der Waals surface area (Å²) >= 11 is 5.95. The van der Waals surface area contributed by atoms with Crippen molar-refractivity contribution in [3.05, 3.63) is 28.8 Å². The summed E-state index contributed by atoms with van der Waals surface area (Å²) in [5, 5.41) is 3.25. The number of hydrogen-bond donors (Lipinski definition) is 1. The highest BCUT2D eigenvalue weighted by molar-refractivity contribution is 6.30. The number of ether oxygens (including phenoxy) is 1. The summed E-state index contributed by atoms with van der Waals surface area (Å²) in [6.07, 6.45) is 0.411. The molecule has 0 saturated heterocycles. The van der Waals surface area contributed by atoms with E-state index in [2.05, 4.69) is 5.32 Å². The molecule has 0 aliphatic rings. The summed E-state index contributed by atoms with van der Waals surface area (Å²) in [6.45, 7) is 6.92. The minimum Gasteiger partial charge on any atom is -0.444 e. The average Bonchev–Trinajstić information content (AvgIpc) is 2.26. The lowest BCUT2D eigenvalue weighted by molar-refractivity contribution is -0.116. The van der Waals surface area contributed by atoms with Gasteiger partial charge in [-0.1, -0.05) is 11.6 Å². The molecule has 0 bridgehead atoms. The maximum atomic E-state index is 11.8. The molecule has 0 saturated carbocycles. The molecule has 0 unspecified atom stereocenters. The highest BCUT2D eigenvalue weighted by Crippen LogP contribution is 2.23. The second kappa shape index (κ2) is 6.75. The number of anilines is 1. The fourth-order valence-corrected chi connectivity index (χ4v) is 1.81. The van der Waals surface area contributed by atoms with E-state index in [1.54, 1.807) is 39.0 Å². The van der Waals surface area contributed by atoms with E-state index in [9.17, 15) is 9.59 Å². The molecule has 0 heterocycles. The van der Waals surface area contributed by atoms with E-state index in [-0.39, 0.29) is 5.78 Å². The first-order chi connectivity index (χ1) is 9.17. The van der Waals surface area contributed by atoms with Crippen LogP contribution in [0.5, 0.6) is 0 Å². The van der Waals surface area contributed by atoms with Crippen LogP contribution in [0.4, 0.5) is 10.5 Å². The second-order valence-corrected chi connectivity index (χ2v) is 6.07. The third-order valence-electron chi connectivity index (χ3n) is 2.45. The number of benzene rings is 1. The van der Waals surface area contributed by atoms with Crippen LogP contribution in [0.3, 0.4) is 0 Å². The lowest BCUT2D eigenvalue weighted by Crippen LogP contribution is -2.27. The predicted molar refractivity (Wildman–Crippen MR) is 80.3 cm³/mol. The molecule has 1 aromatic rings. The molecule has 110 valence electrons. The number of halogens is 1. The third-order valence-corrected chi connectivity index (χ3v) is 2.68. The summed E-state index contributed by atoms with van der Waals surface area (Å²) in [7, 11) is 0. The van der Waals surface area contributed by atoms with Gasteiger partial charge in [0.25, 0.3) is 0 Å². The van der Waals surface area contributed by atoms with Crippen LogP contribution in [0.15, 0.2) is 18.2 Å². The van der Waals surface area contributed by atoms with Gasteiger partial charge in [-0.05, 0) is 57.9 Å². The molecule has 0 aliphatic carbocycles. The molecule has 0 spiro atoms. The van der Waals surface area contributed by atoms with Crippen LogP contribution < -0.4 is 5.32 Å². The Balaban J connectivity index is 2.83. The largest absolute Gasteiger partial charge is 0.444 e. The Morgan fingerprint density at radius 2 is 1.95 bits per heavy atom. The van der Waals surface area contributed by atoms with Gasteiger partial charge in [0.15, 0.2) is 0 Å². The Bertz CT molecular complexity index is 506. The number of carbonyl (C=O) groups excluding carboxylic acids is 2. The normalized spacial score (nSPS) is 11.1. The van der Waals surface area contributed by atoms with Crippen LogP contribution in [0, 0.1) is 0 Å². The first kappa shape index (κ1) is 16.5. The Kier molecular flexibility index (Phi) is 5.57. The zero-order valence-electron chi connectivity index (χ0n) is 12.2. The Hall–Kier alpha value is -1.55. The molecule has 0 aromatic heterocycles. The van der Waals surface area contributed by atoms with Crippen molar-refractivity contribution in [2.24, 2.45) is 0 Å². The molecule has 1 N–H and O–H groups in total. The first-order valence-electron chi connectivity index (χ1n) is 6.45. The number of carbonyl (C=O) groups is 2. The topological polar surface area (TPSA) is 55.4 Å². The van der Waals surface area contributed by atoms with Crippen molar-refractivity contribution < 1.29 is 14.3 Å². The molecule has 4 nitrogen and oxygen atoms in total. The highest BCUT2D eigenvalue weighted by Gasteiger charge is 2.17. The van der Waals surface area contributed by atoms with Crippen molar-refractivity contribution in [3.63, 3.8) is 0 Å². The number of aryl methyl sites for hydroxylation is 1. The molecule has 1 rings (SSSR count). The van der Waals surface area contributed by atoms with E-state index in [1.807, 2.05) is 0 Å². The van der Waals surface area contributed by atoms with Crippen LogP contribution in [-0.4, -0.2) is 17.5 Å². The van der Waals surface area contributed by atoms with E-state index in [0.29, 0.717) is 23.6 Å². The minimum absolute atomic E-state index is 0.0909. The van der Waals surface area contributed by atoms with Crippen LogP contribution in [0.2, 0.25) is 5.02 Å². The summed E-state index contributed by atoms with van der Waals surface area (Å²) in [5.41, 5.74) is 0.874. The maximum Gasteiger partial charge on any atom is 0.412 e. The van der Waals surface area contributed by atoms with Crippen LogP contribution in [0.25, 0.3) is 0 Å². The number of rotatable bonds is 4. The summed E-state index contributed by atoms with van der Waals surface area (Å²) in [6, 6.07) is 5.14. The van der Waals surface area contributed by atoms with Gasteiger partial charge in [-0.25, -0.2) is 4.79 Å². The van der Waals surface area contributed by atoms with Gasteiger partial charge in [0.05, 0.1) is 0 Å². The summed E-state index contributed by atoms with van der Waals surface area (Å²) in [5.74, 6) is 0.0909. The molecular formula is C15H20ClNO3. The van der Waals surface area contributed by atoms with Crippen LogP contribution in [-0.2, 0) is 16.0 Å². The fraction of sp³-hybridized carbons (Fsp3) is 0.467. The molecule has 1 aromatic carbocycles. The molecule has 0 radical (unpaired) electrons. The Morgan fingerprint density at radius 3 is 2.50 bits per heavy atom. The lowest BCUT2D eigenvalue weighted by Gasteiger charge is -2.20. The summed E-state index contributed by atoms with van der Waals surface area (Å²) < 4.78 is 5.20. The average molecular weight is 298 g/mol. The SMILES string of the molecule is CC(=O)CCc1cc(Cl)ccc1NC(=O)OC(C)(C)C. The van der Waals surface area contributed by atoms with E-state index in [0.717, 1.165) is 5.56 Å². The van der Waals surface area contributed by atoms with E-state index < -0.39 is 11.7 Å². The van der Waals surface area contributed by atoms with Crippen molar-refractivity contribution in [1.82, 2.24) is 0 Å². The van der Waals surface area contributed by atoms with Crippen molar-refractivity contribution >= 4 is 29.2 Å². The molecule has 0 atom stereocenters.